The normalized spacial score (nSPS) is 19.9. The minimum atomic E-state index is -0.581. The lowest BCUT2D eigenvalue weighted by Crippen LogP contribution is -2.40. The van der Waals surface area contributed by atoms with E-state index in [-0.39, 0.29) is 5.91 Å². The molecule has 3 aromatic rings. The van der Waals surface area contributed by atoms with Gasteiger partial charge in [0.05, 0.1) is 17.6 Å². The van der Waals surface area contributed by atoms with E-state index in [1.165, 1.54) is 31.2 Å². The molecule has 0 aromatic carbocycles. The van der Waals surface area contributed by atoms with Gasteiger partial charge in [0, 0.05) is 23.9 Å². The average Bonchev–Trinajstić information content (AvgIpc) is 3.21. The Morgan fingerprint density at radius 3 is 2.83 bits per heavy atom. The monoisotopic (exact) mass is 476 g/mol. The van der Waals surface area contributed by atoms with Crippen LogP contribution in [-0.2, 0) is 17.6 Å². The molecule has 1 saturated heterocycles. The van der Waals surface area contributed by atoms with Crippen molar-refractivity contribution in [2.24, 2.45) is 5.41 Å². The van der Waals surface area contributed by atoms with Crippen molar-refractivity contribution in [3.05, 3.63) is 47.3 Å². The quantitative estimate of drug-likeness (QED) is 0.460. The van der Waals surface area contributed by atoms with E-state index in [9.17, 15) is 9.18 Å². The van der Waals surface area contributed by atoms with Gasteiger partial charge in [0.15, 0.2) is 5.82 Å². The van der Waals surface area contributed by atoms with E-state index in [4.69, 9.17) is 9.97 Å². The molecule has 0 radical (unpaired) electrons. The fourth-order valence-electron chi connectivity index (χ4n) is 5.18. The number of carbonyl (C=O) groups excluding carboxylic acids is 1. The van der Waals surface area contributed by atoms with Crippen LogP contribution in [0, 0.1) is 11.4 Å². The zero-order valence-electron chi connectivity index (χ0n) is 19.9. The number of rotatable bonds is 6. The highest BCUT2D eigenvalue weighted by molar-refractivity contribution is 5.96. The number of halogens is 1. The number of nitrogens with zero attached hydrogens (tertiary/aromatic N) is 5. The lowest BCUT2D eigenvalue weighted by Gasteiger charge is -2.25. The largest absolute Gasteiger partial charge is 0.329 e. The van der Waals surface area contributed by atoms with E-state index in [1.807, 2.05) is 11.0 Å². The van der Waals surface area contributed by atoms with Gasteiger partial charge in [-0.25, -0.2) is 9.97 Å². The van der Waals surface area contributed by atoms with Gasteiger partial charge in [-0.1, -0.05) is 13.8 Å². The Balaban J connectivity index is 1.29. The van der Waals surface area contributed by atoms with Gasteiger partial charge in [-0.2, -0.15) is 14.5 Å². The SMILES string of the molecule is CC(C)c1cc(Nc2nc(N3CCC[C@@H]3C(=O)Nc3ccc(F)nc3)nc3c2CC2(CC2)C3)n[nH]1. The first-order chi connectivity index (χ1) is 16.9. The minimum Gasteiger partial charge on any atom is -0.329 e. The second kappa shape index (κ2) is 8.28. The predicted molar refractivity (Wildman–Crippen MR) is 130 cm³/mol. The van der Waals surface area contributed by atoms with Gasteiger partial charge < -0.3 is 15.5 Å². The molecule has 3 N–H and O–H groups in total. The Kier molecular flexibility index (Phi) is 5.19. The zero-order chi connectivity index (χ0) is 24.2. The molecule has 1 spiro atoms. The molecule has 2 aliphatic carbocycles. The third-order valence-corrected chi connectivity index (χ3v) is 7.41. The third kappa shape index (κ3) is 4.21. The predicted octanol–water partition coefficient (Wildman–Crippen LogP) is 4.09. The lowest BCUT2D eigenvalue weighted by molar-refractivity contribution is -0.117. The molecule has 10 heteroatoms. The van der Waals surface area contributed by atoms with Gasteiger partial charge >= 0.3 is 0 Å². The van der Waals surface area contributed by atoms with Crippen LogP contribution >= 0.6 is 0 Å². The minimum absolute atomic E-state index is 0.165. The first-order valence-corrected chi connectivity index (χ1v) is 12.3. The summed E-state index contributed by atoms with van der Waals surface area (Å²) in [5.74, 6) is 1.68. The van der Waals surface area contributed by atoms with Gasteiger partial charge in [-0.3, -0.25) is 9.89 Å². The molecule has 182 valence electrons. The fourth-order valence-corrected chi connectivity index (χ4v) is 5.18. The number of fused-ring (bicyclic) bond motifs is 1. The molecular weight excluding hydrogens is 447 g/mol. The van der Waals surface area contributed by atoms with Crippen molar-refractivity contribution in [2.45, 2.75) is 64.3 Å². The number of anilines is 4. The summed E-state index contributed by atoms with van der Waals surface area (Å²) in [6, 6.07) is 4.36. The highest BCUT2D eigenvalue weighted by atomic mass is 19.1. The molecule has 3 aromatic heterocycles. The summed E-state index contributed by atoms with van der Waals surface area (Å²) < 4.78 is 13.2. The number of pyridine rings is 1. The molecule has 1 atom stereocenters. The molecule has 0 bridgehead atoms. The number of carbonyl (C=O) groups is 1. The molecule has 1 amide bonds. The number of nitrogens with one attached hydrogen (secondary N) is 3. The van der Waals surface area contributed by atoms with E-state index in [2.05, 4.69) is 39.7 Å². The van der Waals surface area contributed by atoms with E-state index in [0.717, 1.165) is 47.8 Å². The highest BCUT2D eigenvalue weighted by Gasteiger charge is 2.49. The van der Waals surface area contributed by atoms with Crippen LogP contribution in [0.3, 0.4) is 0 Å². The number of hydrogen-bond donors (Lipinski definition) is 3. The van der Waals surface area contributed by atoms with Crippen molar-refractivity contribution in [3.63, 3.8) is 0 Å². The Bertz CT molecular complexity index is 1270. The Morgan fingerprint density at radius 1 is 1.26 bits per heavy atom. The number of amides is 1. The van der Waals surface area contributed by atoms with Gasteiger partial charge in [-0.15, -0.1) is 0 Å². The molecule has 1 saturated carbocycles. The fraction of sp³-hybridized carbons (Fsp3) is 0.480. The highest BCUT2D eigenvalue weighted by Crippen LogP contribution is 2.56. The van der Waals surface area contributed by atoms with E-state index >= 15 is 0 Å². The van der Waals surface area contributed by atoms with Gasteiger partial charge in [0.1, 0.15) is 11.9 Å². The smallest absolute Gasteiger partial charge is 0.247 e. The zero-order valence-corrected chi connectivity index (χ0v) is 19.9. The van der Waals surface area contributed by atoms with Crippen molar-refractivity contribution in [1.82, 2.24) is 25.1 Å². The first-order valence-electron chi connectivity index (χ1n) is 12.3. The van der Waals surface area contributed by atoms with Gasteiger partial charge in [-0.05, 0) is 62.0 Å². The summed E-state index contributed by atoms with van der Waals surface area (Å²) in [5, 5.41) is 13.8. The summed E-state index contributed by atoms with van der Waals surface area (Å²) in [7, 11) is 0. The van der Waals surface area contributed by atoms with E-state index in [0.29, 0.717) is 35.9 Å². The standard InChI is InChI=1S/C25H29FN8O/c1-14(2)17-10-21(33-32-17)30-22-16-11-25(7-8-25)12-18(16)29-24(31-22)34-9-3-4-19(34)23(35)28-15-5-6-20(26)27-13-15/h5-6,10,13-14,19H,3-4,7-9,11-12H2,1-2H3,(H,28,35)(H2,29,30,31,32,33)/t19-/m1/s1. The molecule has 35 heavy (non-hydrogen) atoms. The Labute approximate surface area is 203 Å². The molecule has 9 nitrogen and oxygen atoms in total. The van der Waals surface area contributed by atoms with E-state index in [1.54, 1.807) is 0 Å². The van der Waals surface area contributed by atoms with E-state index < -0.39 is 12.0 Å². The molecule has 1 aliphatic heterocycles. The molecular formula is C25H29FN8O. The first kappa shape index (κ1) is 21.9. The maximum atomic E-state index is 13.2. The van der Waals surface area contributed by atoms with Gasteiger partial charge in [0.25, 0.3) is 0 Å². The average molecular weight is 477 g/mol. The van der Waals surface area contributed by atoms with Crippen LogP contribution in [0.4, 0.5) is 27.7 Å². The third-order valence-electron chi connectivity index (χ3n) is 7.41. The van der Waals surface area contributed by atoms with Crippen molar-refractivity contribution >= 4 is 29.2 Å². The summed E-state index contributed by atoms with van der Waals surface area (Å²) in [6.45, 7) is 4.94. The van der Waals surface area contributed by atoms with Crippen LogP contribution in [0.2, 0.25) is 0 Å². The second-order valence-corrected chi connectivity index (χ2v) is 10.3. The lowest BCUT2D eigenvalue weighted by atomic mass is 10.0. The van der Waals surface area contributed by atoms with Crippen molar-refractivity contribution in [3.8, 4) is 0 Å². The topological polar surface area (TPSA) is 112 Å². The number of aromatic amines is 1. The number of aromatic nitrogens is 5. The van der Waals surface area contributed by atoms with Crippen molar-refractivity contribution in [2.75, 3.05) is 22.1 Å². The van der Waals surface area contributed by atoms with Gasteiger partial charge in [0.2, 0.25) is 17.8 Å². The van der Waals surface area contributed by atoms with Crippen LogP contribution in [0.25, 0.3) is 0 Å². The molecule has 0 unspecified atom stereocenters. The van der Waals surface area contributed by atoms with Crippen LogP contribution in [-0.4, -0.2) is 43.6 Å². The maximum Gasteiger partial charge on any atom is 0.247 e. The molecule has 4 heterocycles. The Hall–Kier alpha value is -3.56. The van der Waals surface area contributed by atoms with Crippen LogP contribution in [0.15, 0.2) is 24.4 Å². The summed E-state index contributed by atoms with van der Waals surface area (Å²) in [6.07, 6.45) is 7.26. The van der Waals surface area contributed by atoms with Crippen LogP contribution in [0.1, 0.15) is 62.4 Å². The molecule has 2 fully saturated rings. The summed E-state index contributed by atoms with van der Waals surface area (Å²) in [5.41, 5.74) is 4.10. The van der Waals surface area contributed by atoms with Crippen LogP contribution in [0.5, 0.6) is 0 Å². The maximum absolute atomic E-state index is 13.2. The number of hydrogen-bond acceptors (Lipinski definition) is 7. The summed E-state index contributed by atoms with van der Waals surface area (Å²) >= 11 is 0. The summed E-state index contributed by atoms with van der Waals surface area (Å²) in [4.78, 5) is 28.6. The molecule has 3 aliphatic rings. The Morgan fingerprint density at radius 2 is 2.11 bits per heavy atom. The molecule has 6 rings (SSSR count). The van der Waals surface area contributed by atoms with Crippen LogP contribution < -0.4 is 15.5 Å². The van der Waals surface area contributed by atoms with Crippen molar-refractivity contribution < 1.29 is 9.18 Å². The second-order valence-electron chi connectivity index (χ2n) is 10.3. The number of H-pyrrole nitrogens is 1. The van der Waals surface area contributed by atoms with Crippen molar-refractivity contribution in [1.29, 1.82) is 0 Å².